The summed E-state index contributed by atoms with van der Waals surface area (Å²) >= 11 is 0. The lowest BCUT2D eigenvalue weighted by molar-refractivity contribution is 0.00578. The molecule has 2 aliphatic heterocycles. The van der Waals surface area contributed by atoms with Crippen molar-refractivity contribution in [2.75, 3.05) is 13.6 Å². The zero-order valence-corrected chi connectivity index (χ0v) is 17.3. The lowest BCUT2D eigenvalue weighted by Crippen LogP contribution is -2.41. The van der Waals surface area contributed by atoms with Gasteiger partial charge in [-0.05, 0) is 63.3 Å². The Morgan fingerprint density at radius 3 is 2.24 bits per heavy atom. The number of esters is 2. The maximum atomic E-state index is 12.2. The summed E-state index contributed by atoms with van der Waals surface area (Å²) in [5.74, 6) is -1.23. The summed E-state index contributed by atoms with van der Waals surface area (Å²) in [6.07, 6.45) is 2.01. The number of carbonyl (C=O) groups is 2. The predicted octanol–water partition coefficient (Wildman–Crippen LogP) is 3.38. The predicted molar refractivity (Wildman–Crippen MR) is 112 cm³/mol. The number of nitrogens with one attached hydrogen (secondary N) is 1. The van der Waals surface area contributed by atoms with Crippen LogP contribution in [0.3, 0.4) is 0 Å². The normalized spacial score (nSPS) is 20.3. The Bertz CT molecular complexity index is 1020. The van der Waals surface area contributed by atoms with Gasteiger partial charge in [0.2, 0.25) is 0 Å². The van der Waals surface area contributed by atoms with Crippen LogP contribution in [-0.2, 0) is 14.0 Å². The average Bonchev–Trinajstić information content (AvgIpc) is 2.87. The van der Waals surface area contributed by atoms with Crippen LogP contribution in [-0.4, -0.2) is 43.9 Å². The summed E-state index contributed by atoms with van der Waals surface area (Å²) in [6.45, 7) is 8.64. The van der Waals surface area contributed by atoms with E-state index in [1.807, 2.05) is 53.0 Å². The minimum Gasteiger partial charge on any atom is -0.400 e. The third-order valence-corrected chi connectivity index (χ3v) is 5.98. The second-order valence-corrected chi connectivity index (χ2v) is 8.45. The van der Waals surface area contributed by atoms with Crippen molar-refractivity contribution in [1.82, 2.24) is 5.32 Å². The molecule has 0 atom stereocenters. The van der Waals surface area contributed by atoms with E-state index in [0.717, 1.165) is 16.4 Å². The molecule has 0 aromatic heterocycles. The van der Waals surface area contributed by atoms with Gasteiger partial charge >= 0.3 is 19.1 Å². The number of likely N-dealkylation sites (N-methyl/N-ethyl adjacent to an activating group) is 1. The molecule has 0 amide bonds. The molecule has 2 aliphatic rings. The van der Waals surface area contributed by atoms with Gasteiger partial charge in [-0.1, -0.05) is 24.3 Å². The van der Waals surface area contributed by atoms with Crippen molar-refractivity contribution in [3.8, 4) is 0 Å². The smallest absolute Gasteiger partial charge is 0.400 e. The third-order valence-electron chi connectivity index (χ3n) is 5.98. The molecular weight excluding hydrogens is 369 g/mol. The van der Waals surface area contributed by atoms with Crippen molar-refractivity contribution in [3.63, 3.8) is 0 Å². The summed E-state index contributed by atoms with van der Waals surface area (Å²) < 4.78 is 17.3. The lowest BCUT2D eigenvalue weighted by Gasteiger charge is -2.32. The molecule has 0 spiro atoms. The molecule has 0 unspecified atom stereocenters. The first-order valence-corrected chi connectivity index (χ1v) is 9.67. The highest BCUT2D eigenvalue weighted by Gasteiger charge is 2.52. The Morgan fingerprint density at radius 2 is 1.62 bits per heavy atom. The Balaban J connectivity index is 1.84. The van der Waals surface area contributed by atoms with E-state index >= 15 is 0 Å². The zero-order valence-electron chi connectivity index (χ0n) is 17.3. The average molecular weight is 393 g/mol. The second-order valence-electron chi connectivity index (χ2n) is 8.45. The number of benzene rings is 2. The van der Waals surface area contributed by atoms with Crippen LogP contribution >= 0.6 is 0 Å². The SMILES string of the molecule is CNCC(=Cc1ccc2c3c(cccc13)C(=O)OC2=O)B1OC(C)(C)C(C)(C)O1. The van der Waals surface area contributed by atoms with Gasteiger partial charge < -0.3 is 19.4 Å². The van der Waals surface area contributed by atoms with Crippen LogP contribution in [0.25, 0.3) is 16.8 Å². The molecule has 150 valence electrons. The molecule has 1 fully saturated rings. The molecule has 7 heteroatoms. The zero-order chi connectivity index (χ0) is 21.0. The Hall–Kier alpha value is -2.48. The molecule has 2 aromatic carbocycles. The number of ether oxygens (including phenoxy) is 1. The van der Waals surface area contributed by atoms with Gasteiger partial charge in [0.05, 0.1) is 22.3 Å². The summed E-state index contributed by atoms with van der Waals surface area (Å²) in [7, 11) is 1.37. The third kappa shape index (κ3) is 3.19. The van der Waals surface area contributed by atoms with Crippen LogP contribution in [0, 0.1) is 0 Å². The molecule has 0 aliphatic carbocycles. The van der Waals surface area contributed by atoms with Crippen molar-refractivity contribution < 1.29 is 23.6 Å². The first-order chi connectivity index (χ1) is 13.6. The van der Waals surface area contributed by atoms with Gasteiger partial charge in [-0.2, -0.15) is 0 Å². The number of hydrogen-bond acceptors (Lipinski definition) is 6. The summed E-state index contributed by atoms with van der Waals surface area (Å²) in [5, 5.41) is 4.61. The van der Waals surface area contributed by atoms with Crippen LogP contribution < -0.4 is 5.32 Å². The van der Waals surface area contributed by atoms with E-state index in [1.165, 1.54) is 0 Å². The molecule has 2 aromatic rings. The molecule has 29 heavy (non-hydrogen) atoms. The number of cyclic esters (lactones) is 2. The van der Waals surface area contributed by atoms with E-state index in [-0.39, 0.29) is 0 Å². The van der Waals surface area contributed by atoms with E-state index in [2.05, 4.69) is 5.32 Å². The monoisotopic (exact) mass is 393 g/mol. The molecule has 6 nitrogen and oxygen atoms in total. The van der Waals surface area contributed by atoms with Crippen LogP contribution in [0.2, 0.25) is 0 Å². The van der Waals surface area contributed by atoms with Gasteiger partial charge in [0.15, 0.2) is 0 Å². The molecule has 1 saturated heterocycles. The van der Waals surface area contributed by atoms with Crippen molar-refractivity contribution in [1.29, 1.82) is 0 Å². The molecule has 1 N–H and O–H groups in total. The van der Waals surface area contributed by atoms with Crippen molar-refractivity contribution >= 4 is 35.9 Å². The minimum absolute atomic E-state index is 0.401. The van der Waals surface area contributed by atoms with E-state index in [0.29, 0.717) is 23.1 Å². The summed E-state index contributed by atoms with van der Waals surface area (Å²) in [4.78, 5) is 24.3. The first-order valence-electron chi connectivity index (χ1n) is 9.67. The highest BCUT2D eigenvalue weighted by Crippen LogP contribution is 2.39. The molecule has 0 radical (unpaired) electrons. The number of rotatable bonds is 4. The fourth-order valence-electron chi connectivity index (χ4n) is 3.69. The Morgan fingerprint density at radius 1 is 1.00 bits per heavy atom. The van der Waals surface area contributed by atoms with E-state index in [4.69, 9.17) is 14.0 Å². The molecule has 0 bridgehead atoms. The maximum Gasteiger partial charge on any atom is 0.491 e. The lowest BCUT2D eigenvalue weighted by atomic mass is 9.76. The molecule has 4 rings (SSSR count). The van der Waals surface area contributed by atoms with Crippen molar-refractivity contribution in [3.05, 3.63) is 52.5 Å². The molecule has 0 saturated carbocycles. The fourth-order valence-corrected chi connectivity index (χ4v) is 3.69. The van der Waals surface area contributed by atoms with E-state index in [1.54, 1.807) is 18.2 Å². The number of carbonyl (C=O) groups excluding carboxylic acids is 2. The van der Waals surface area contributed by atoms with Crippen LogP contribution in [0.15, 0.2) is 35.8 Å². The van der Waals surface area contributed by atoms with Gasteiger partial charge in [0.25, 0.3) is 0 Å². The van der Waals surface area contributed by atoms with Gasteiger partial charge in [-0.25, -0.2) is 9.59 Å². The van der Waals surface area contributed by atoms with Crippen molar-refractivity contribution in [2.45, 2.75) is 38.9 Å². The largest absolute Gasteiger partial charge is 0.491 e. The second kappa shape index (κ2) is 6.80. The first kappa shape index (κ1) is 19.8. The van der Waals surface area contributed by atoms with Gasteiger partial charge in [0.1, 0.15) is 0 Å². The molecular formula is C22H24BNO5. The highest BCUT2D eigenvalue weighted by molar-refractivity contribution is 6.56. The van der Waals surface area contributed by atoms with Crippen LogP contribution in [0.5, 0.6) is 0 Å². The van der Waals surface area contributed by atoms with Gasteiger partial charge in [-0.15, -0.1) is 0 Å². The number of hydrogen-bond donors (Lipinski definition) is 1. The quantitative estimate of drug-likeness (QED) is 0.488. The Kier molecular flexibility index (Phi) is 4.65. The van der Waals surface area contributed by atoms with Crippen molar-refractivity contribution in [2.24, 2.45) is 0 Å². The fraction of sp³-hybridized carbons (Fsp3) is 0.364. The summed E-state index contributed by atoms with van der Waals surface area (Å²) in [6, 6.07) is 8.94. The van der Waals surface area contributed by atoms with Crippen LogP contribution in [0.1, 0.15) is 54.0 Å². The minimum atomic E-state index is -0.615. The topological polar surface area (TPSA) is 73.9 Å². The summed E-state index contributed by atoms with van der Waals surface area (Å²) in [5.41, 5.74) is 1.72. The Labute approximate surface area is 170 Å². The van der Waals surface area contributed by atoms with Crippen LogP contribution in [0.4, 0.5) is 0 Å². The van der Waals surface area contributed by atoms with E-state index in [9.17, 15) is 9.59 Å². The molecule has 2 heterocycles. The standard InChI is InChI=1S/C22H24BNO5/c1-21(2)22(3,4)29-23(28-21)14(12-24-5)11-13-9-10-17-18-15(13)7-6-8-16(18)19(25)27-20(17)26/h6-11,24H,12H2,1-5H3. The van der Waals surface area contributed by atoms with Gasteiger partial charge in [-0.3, -0.25) is 0 Å². The van der Waals surface area contributed by atoms with E-state index < -0.39 is 30.3 Å². The van der Waals surface area contributed by atoms with Gasteiger partial charge in [0, 0.05) is 11.9 Å². The highest BCUT2D eigenvalue weighted by atomic mass is 16.7. The maximum absolute atomic E-state index is 12.2.